The number of carbonyl (C=O) groups is 1. The molecule has 1 atom stereocenters. The molecule has 0 aliphatic heterocycles. The van der Waals surface area contributed by atoms with Gasteiger partial charge >= 0.3 is 0 Å². The van der Waals surface area contributed by atoms with E-state index in [1.165, 1.54) is 16.7 Å². The van der Waals surface area contributed by atoms with Crippen LogP contribution in [0.4, 0.5) is 0 Å². The topological polar surface area (TPSA) is 31.2 Å². The van der Waals surface area contributed by atoms with Crippen LogP contribution in [0.3, 0.4) is 0 Å². The number of amides is 1. The van der Waals surface area contributed by atoms with Crippen LogP contribution in [0.15, 0.2) is 18.2 Å². The van der Waals surface area contributed by atoms with Gasteiger partial charge in [-0.25, -0.2) is 0 Å². The molecule has 0 aliphatic carbocycles. The predicted octanol–water partition coefficient (Wildman–Crippen LogP) is 6.39. The summed E-state index contributed by atoms with van der Waals surface area (Å²) in [6.45, 7) is 14.5. The summed E-state index contributed by atoms with van der Waals surface area (Å²) < 4.78 is 0. The first-order chi connectivity index (χ1) is 11.8. The first kappa shape index (κ1) is 23.1. The molecule has 2 aromatic rings. The Labute approximate surface area is 184 Å². The first-order valence-electron chi connectivity index (χ1n) is 9.08. The zero-order chi connectivity index (χ0) is 18.7. The van der Waals surface area contributed by atoms with E-state index in [-0.39, 0.29) is 44.7 Å². The second-order valence-electron chi connectivity index (χ2n) is 7.08. The van der Waals surface area contributed by atoms with Gasteiger partial charge in [0.05, 0.1) is 0 Å². The zero-order valence-corrected chi connectivity index (χ0v) is 20.0. The van der Waals surface area contributed by atoms with E-state index < -0.39 is 0 Å². The van der Waals surface area contributed by atoms with E-state index in [2.05, 4.69) is 64.2 Å². The Morgan fingerprint density at radius 2 is 1.65 bits per heavy atom. The molecule has 0 fully saturated rings. The molecule has 0 saturated heterocycles. The van der Waals surface area contributed by atoms with Crippen molar-refractivity contribution < 1.29 is 37.5 Å². The summed E-state index contributed by atoms with van der Waals surface area (Å²) in [5, 5.41) is 4.58. The van der Waals surface area contributed by atoms with Gasteiger partial charge in [-0.15, -0.1) is 33.9 Å². The molecule has 2 rings (SSSR count). The third-order valence-electron chi connectivity index (χ3n) is 5.34. The summed E-state index contributed by atoms with van der Waals surface area (Å²) in [4.78, 5) is 12.9. The number of hydrogen-bond donors (Lipinski definition) is 0. The predicted molar refractivity (Wildman–Crippen MR) is 105 cm³/mol. The fourth-order valence-corrected chi connectivity index (χ4v) is 3.10. The van der Waals surface area contributed by atoms with Crippen LogP contribution in [0.1, 0.15) is 75.1 Å². The number of carbonyl (C=O) groups excluding carboxylic acids is 1. The van der Waals surface area contributed by atoms with Gasteiger partial charge in [0.25, 0.3) is 0 Å². The first-order valence-corrected chi connectivity index (χ1v) is 9.08. The summed E-state index contributed by atoms with van der Waals surface area (Å²) >= 11 is 0. The van der Waals surface area contributed by atoms with Gasteiger partial charge in [-0.3, -0.25) is 0 Å². The Kier molecular flexibility index (Phi) is 8.70. The molecule has 1 amide bonds. The third kappa shape index (κ3) is 5.05. The monoisotopic (exact) mass is 424 g/mol. The van der Waals surface area contributed by atoms with Crippen molar-refractivity contribution in [2.45, 2.75) is 67.3 Å². The summed E-state index contributed by atoms with van der Waals surface area (Å²) in [6, 6.07) is 9.55. The molecule has 2 nitrogen and oxygen atoms in total. The van der Waals surface area contributed by atoms with Gasteiger partial charge in [0.1, 0.15) is 0 Å². The van der Waals surface area contributed by atoms with E-state index >= 15 is 0 Å². The SMILES string of the molecule is CCCC([N-]C(=O)c1[c-]c(C)c(C)c(C)c1C)c1ccc(C)c(C)c1.[Y]. The van der Waals surface area contributed by atoms with Crippen LogP contribution in [0.25, 0.3) is 5.32 Å². The van der Waals surface area contributed by atoms with Gasteiger partial charge < -0.3 is 10.1 Å². The van der Waals surface area contributed by atoms with Crippen molar-refractivity contribution in [1.82, 2.24) is 0 Å². The van der Waals surface area contributed by atoms with Crippen molar-refractivity contribution in [1.29, 1.82) is 0 Å². The molecule has 2 aromatic carbocycles. The van der Waals surface area contributed by atoms with Crippen LogP contribution in [0.2, 0.25) is 0 Å². The molecule has 0 bridgehead atoms. The van der Waals surface area contributed by atoms with Gasteiger partial charge in [0.2, 0.25) is 0 Å². The van der Waals surface area contributed by atoms with Crippen molar-refractivity contribution in [3.8, 4) is 0 Å². The summed E-state index contributed by atoms with van der Waals surface area (Å²) in [5.74, 6) is -0.152. The van der Waals surface area contributed by atoms with Crippen LogP contribution in [-0.2, 0) is 32.7 Å². The van der Waals surface area contributed by atoms with Crippen molar-refractivity contribution in [2.75, 3.05) is 0 Å². The normalized spacial score (nSPS) is 11.7. The van der Waals surface area contributed by atoms with Gasteiger partial charge in [-0.1, -0.05) is 77.3 Å². The maximum atomic E-state index is 12.9. The second kappa shape index (κ2) is 9.81. The number of aryl methyl sites for hydroxylation is 3. The zero-order valence-electron chi connectivity index (χ0n) is 17.2. The molecule has 26 heavy (non-hydrogen) atoms. The van der Waals surface area contributed by atoms with Crippen LogP contribution < -0.4 is 0 Å². The van der Waals surface area contributed by atoms with Crippen LogP contribution in [0, 0.1) is 47.6 Å². The molecule has 0 aliphatic rings. The van der Waals surface area contributed by atoms with Gasteiger partial charge in [0.15, 0.2) is 0 Å². The van der Waals surface area contributed by atoms with Gasteiger partial charge in [-0.2, -0.15) is 0 Å². The van der Waals surface area contributed by atoms with Crippen LogP contribution in [-0.4, -0.2) is 5.91 Å². The molecular formula is C23H29NOY-2. The maximum Gasteiger partial charge on any atom is 0 e. The molecule has 0 aromatic heterocycles. The van der Waals surface area contributed by atoms with Crippen molar-refractivity contribution in [3.63, 3.8) is 0 Å². The molecule has 137 valence electrons. The average Bonchev–Trinajstić information content (AvgIpc) is 2.58. The summed E-state index contributed by atoms with van der Waals surface area (Å²) in [6.07, 6.45) is 1.86. The molecule has 0 spiro atoms. The summed E-state index contributed by atoms with van der Waals surface area (Å²) in [7, 11) is 0. The molecule has 0 heterocycles. The number of rotatable bonds is 5. The Morgan fingerprint density at radius 1 is 1.00 bits per heavy atom. The fraction of sp³-hybridized carbons (Fsp3) is 0.435. The minimum Gasteiger partial charge on any atom is -0.688 e. The Morgan fingerprint density at radius 3 is 2.23 bits per heavy atom. The smallest absolute Gasteiger partial charge is 0 e. The Bertz CT molecular complexity index is 795. The number of hydrogen-bond acceptors (Lipinski definition) is 1. The van der Waals surface area contributed by atoms with E-state index in [4.69, 9.17) is 0 Å². The molecule has 0 saturated carbocycles. The minimum atomic E-state index is -0.152. The minimum absolute atomic E-state index is 0. The summed E-state index contributed by atoms with van der Waals surface area (Å²) in [5.41, 5.74) is 8.63. The van der Waals surface area contributed by atoms with Crippen LogP contribution in [0.5, 0.6) is 0 Å². The van der Waals surface area contributed by atoms with Crippen molar-refractivity contribution in [3.05, 3.63) is 74.1 Å². The number of nitrogens with zero attached hydrogens (tertiary/aromatic N) is 1. The van der Waals surface area contributed by atoms with E-state index in [1.54, 1.807) is 0 Å². The fourth-order valence-electron chi connectivity index (χ4n) is 3.10. The van der Waals surface area contributed by atoms with E-state index in [0.717, 1.165) is 35.1 Å². The molecule has 3 heteroatoms. The van der Waals surface area contributed by atoms with Crippen molar-refractivity contribution >= 4 is 5.91 Å². The number of benzene rings is 2. The third-order valence-corrected chi connectivity index (χ3v) is 5.34. The van der Waals surface area contributed by atoms with Crippen LogP contribution >= 0.6 is 0 Å². The maximum absolute atomic E-state index is 12.9. The van der Waals surface area contributed by atoms with E-state index in [9.17, 15) is 4.79 Å². The largest absolute Gasteiger partial charge is 0.688 e. The second-order valence-corrected chi connectivity index (χ2v) is 7.08. The Balaban J connectivity index is 0.00000338. The molecule has 0 N–H and O–H groups in total. The van der Waals surface area contributed by atoms with E-state index in [0.29, 0.717) is 5.56 Å². The standard InChI is InChI=1S/C23H30NO.Y/c1-8-9-22(20-11-10-14(2)15(3)12-20)24-23(25)21-13-16(4)17(5)18(6)19(21)7;/h10-12,22H,8-9H2,1-7H3,(H,24,25);/q-1;/p-1. The van der Waals surface area contributed by atoms with E-state index in [1.807, 2.05) is 13.8 Å². The molecule has 1 radical (unpaired) electrons. The molecule has 1 unspecified atom stereocenters. The van der Waals surface area contributed by atoms with Gasteiger partial charge in [-0.05, 0) is 30.9 Å². The van der Waals surface area contributed by atoms with Crippen molar-refractivity contribution in [2.24, 2.45) is 0 Å². The quantitative estimate of drug-likeness (QED) is 0.512. The van der Waals surface area contributed by atoms with Gasteiger partial charge in [0, 0.05) is 32.7 Å². The molecular weight excluding hydrogens is 395 g/mol. The average molecular weight is 424 g/mol. The Hall–Kier alpha value is -0.986.